The zero-order valence-electron chi connectivity index (χ0n) is 14.6. The highest BCUT2D eigenvalue weighted by molar-refractivity contribution is 5.95. The number of carbonyl (C=O) groups is 2. The van der Waals surface area contributed by atoms with E-state index in [1.54, 1.807) is 0 Å². The molecule has 2 aromatic carbocycles. The fourth-order valence-electron chi connectivity index (χ4n) is 2.98. The van der Waals surface area contributed by atoms with Crippen LogP contribution in [0, 0.1) is 12.3 Å². The van der Waals surface area contributed by atoms with E-state index in [4.69, 9.17) is 6.42 Å². The number of terminal acetylenes is 1. The Morgan fingerprint density at radius 3 is 2.04 bits per heavy atom. The molecule has 0 aliphatic heterocycles. The van der Waals surface area contributed by atoms with Gasteiger partial charge in [0.1, 0.15) is 6.54 Å². The van der Waals surface area contributed by atoms with Gasteiger partial charge >= 0.3 is 0 Å². The Balaban J connectivity index is 1.82. The van der Waals surface area contributed by atoms with E-state index in [1.165, 1.54) is 4.90 Å². The van der Waals surface area contributed by atoms with Gasteiger partial charge in [0.05, 0.1) is 0 Å². The van der Waals surface area contributed by atoms with Crippen molar-refractivity contribution in [3.8, 4) is 12.3 Å². The third-order valence-electron chi connectivity index (χ3n) is 4.49. The van der Waals surface area contributed by atoms with Crippen molar-refractivity contribution in [3.05, 3.63) is 71.8 Å². The highest BCUT2D eigenvalue weighted by Gasteiger charge is 2.27. The van der Waals surface area contributed by atoms with Crippen LogP contribution in [0.25, 0.3) is 0 Å². The SMILES string of the molecule is C#CC(=O)N(CC(=O)NC1CC1)CC(c1ccccc1)c1ccccc1. The Morgan fingerprint density at radius 2 is 1.58 bits per heavy atom. The molecule has 0 radical (unpaired) electrons. The summed E-state index contributed by atoms with van der Waals surface area (Å²) in [5.74, 6) is 1.48. The maximum absolute atomic E-state index is 12.3. The number of hydrogen-bond donors (Lipinski definition) is 1. The van der Waals surface area contributed by atoms with Crippen LogP contribution in [0.5, 0.6) is 0 Å². The first kappa shape index (κ1) is 17.8. The Hall–Kier alpha value is -3.06. The molecular weight excluding hydrogens is 324 g/mol. The lowest BCUT2D eigenvalue weighted by Crippen LogP contribution is -2.42. The zero-order chi connectivity index (χ0) is 18.4. The van der Waals surface area contributed by atoms with Gasteiger partial charge in [-0.15, -0.1) is 6.42 Å². The van der Waals surface area contributed by atoms with E-state index < -0.39 is 5.91 Å². The molecule has 1 fully saturated rings. The quantitative estimate of drug-likeness (QED) is 0.784. The fourth-order valence-corrected chi connectivity index (χ4v) is 2.98. The molecule has 0 aromatic heterocycles. The Labute approximate surface area is 154 Å². The van der Waals surface area contributed by atoms with E-state index in [0.29, 0.717) is 6.54 Å². The molecule has 3 rings (SSSR count). The Kier molecular flexibility index (Phi) is 5.70. The lowest BCUT2D eigenvalue weighted by Gasteiger charge is -2.26. The third-order valence-corrected chi connectivity index (χ3v) is 4.49. The Bertz CT molecular complexity index is 752. The predicted octanol–water partition coefficient (Wildman–Crippen LogP) is 2.56. The number of rotatable bonds is 7. The van der Waals surface area contributed by atoms with Gasteiger partial charge in [-0.05, 0) is 29.9 Å². The monoisotopic (exact) mass is 346 g/mol. The molecule has 0 bridgehead atoms. The van der Waals surface area contributed by atoms with Crippen LogP contribution in [0.2, 0.25) is 0 Å². The molecule has 0 heterocycles. The highest BCUT2D eigenvalue weighted by Crippen LogP contribution is 2.26. The zero-order valence-corrected chi connectivity index (χ0v) is 14.6. The topological polar surface area (TPSA) is 49.4 Å². The second kappa shape index (κ2) is 8.35. The molecule has 4 nitrogen and oxygen atoms in total. The van der Waals surface area contributed by atoms with Crippen LogP contribution in [-0.2, 0) is 9.59 Å². The summed E-state index contributed by atoms with van der Waals surface area (Å²) in [5, 5.41) is 2.91. The van der Waals surface area contributed by atoms with Gasteiger partial charge in [0, 0.05) is 18.5 Å². The number of benzene rings is 2. The first-order valence-electron chi connectivity index (χ1n) is 8.82. The molecule has 132 valence electrons. The van der Waals surface area contributed by atoms with Crippen molar-refractivity contribution in [2.45, 2.75) is 24.8 Å². The number of amides is 2. The lowest BCUT2D eigenvalue weighted by molar-refractivity contribution is -0.132. The van der Waals surface area contributed by atoms with Crippen LogP contribution in [0.4, 0.5) is 0 Å². The van der Waals surface area contributed by atoms with Crippen molar-refractivity contribution in [1.29, 1.82) is 0 Å². The molecule has 0 atom stereocenters. The van der Waals surface area contributed by atoms with E-state index in [0.717, 1.165) is 24.0 Å². The van der Waals surface area contributed by atoms with Crippen molar-refractivity contribution in [2.75, 3.05) is 13.1 Å². The smallest absolute Gasteiger partial charge is 0.298 e. The van der Waals surface area contributed by atoms with Gasteiger partial charge in [-0.3, -0.25) is 9.59 Å². The first-order valence-corrected chi connectivity index (χ1v) is 8.82. The second-order valence-electron chi connectivity index (χ2n) is 6.55. The average Bonchev–Trinajstić information content (AvgIpc) is 3.49. The van der Waals surface area contributed by atoms with Gasteiger partial charge in [0.2, 0.25) is 5.91 Å². The molecule has 1 saturated carbocycles. The second-order valence-corrected chi connectivity index (χ2v) is 6.55. The predicted molar refractivity (Wildman–Crippen MR) is 101 cm³/mol. The minimum atomic E-state index is -0.465. The maximum Gasteiger partial charge on any atom is 0.298 e. The summed E-state index contributed by atoms with van der Waals surface area (Å²) in [5.41, 5.74) is 2.16. The van der Waals surface area contributed by atoms with E-state index in [1.807, 2.05) is 60.7 Å². The first-order chi connectivity index (χ1) is 12.7. The molecule has 2 aromatic rings. The maximum atomic E-state index is 12.3. The van der Waals surface area contributed by atoms with Crippen molar-refractivity contribution in [2.24, 2.45) is 0 Å². The molecule has 0 saturated heterocycles. The van der Waals surface area contributed by atoms with Gasteiger partial charge in [-0.1, -0.05) is 60.7 Å². The van der Waals surface area contributed by atoms with Crippen molar-refractivity contribution < 1.29 is 9.59 Å². The number of hydrogen-bond acceptors (Lipinski definition) is 2. The van der Waals surface area contributed by atoms with E-state index in [2.05, 4.69) is 11.2 Å². The molecular formula is C22H22N2O2. The van der Waals surface area contributed by atoms with Crippen LogP contribution < -0.4 is 5.32 Å². The molecule has 0 unspecified atom stereocenters. The minimum Gasteiger partial charge on any atom is -0.352 e. The van der Waals surface area contributed by atoms with Gasteiger partial charge in [-0.2, -0.15) is 0 Å². The van der Waals surface area contributed by atoms with Crippen LogP contribution in [-0.4, -0.2) is 35.8 Å². The fraction of sp³-hybridized carbons (Fsp3) is 0.273. The molecule has 26 heavy (non-hydrogen) atoms. The van der Waals surface area contributed by atoms with Crippen molar-refractivity contribution in [1.82, 2.24) is 10.2 Å². The summed E-state index contributed by atoms with van der Waals surface area (Å²) in [4.78, 5) is 25.9. The highest BCUT2D eigenvalue weighted by atomic mass is 16.2. The van der Waals surface area contributed by atoms with Crippen LogP contribution in [0.3, 0.4) is 0 Å². The molecule has 0 spiro atoms. The molecule has 2 amide bonds. The van der Waals surface area contributed by atoms with Crippen LogP contribution >= 0.6 is 0 Å². The Morgan fingerprint density at radius 1 is 1.04 bits per heavy atom. The molecule has 1 N–H and O–H groups in total. The summed E-state index contributed by atoms with van der Waals surface area (Å²) in [6.45, 7) is 0.338. The normalized spacial score (nSPS) is 13.1. The van der Waals surface area contributed by atoms with Crippen molar-refractivity contribution in [3.63, 3.8) is 0 Å². The van der Waals surface area contributed by atoms with Crippen LogP contribution in [0.1, 0.15) is 29.9 Å². The summed E-state index contributed by atoms with van der Waals surface area (Å²) >= 11 is 0. The standard InChI is InChI=1S/C22H22N2O2/c1-2-22(26)24(16-21(25)23-19-13-14-19)15-20(17-9-5-3-6-10-17)18-11-7-4-8-12-18/h1,3-12,19-20H,13-16H2,(H,23,25). The van der Waals surface area contributed by atoms with E-state index in [-0.39, 0.29) is 24.4 Å². The lowest BCUT2D eigenvalue weighted by atomic mass is 9.90. The number of carbonyl (C=O) groups excluding carboxylic acids is 2. The summed E-state index contributed by atoms with van der Waals surface area (Å²) in [6.07, 6.45) is 7.35. The summed E-state index contributed by atoms with van der Waals surface area (Å²) in [7, 11) is 0. The van der Waals surface area contributed by atoms with E-state index in [9.17, 15) is 9.59 Å². The molecule has 4 heteroatoms. The molecule has 1 aliphatic rings. The van der Waals surface area contributed by atoms with Crippen molar-refractivity contribution >= 4 is 11.8 Å². The summed E-state index contributed by atoms with van der Waals surface area (Å²) < 4.78 is 0. The van der Waals surface area contributed by atoms with Crippen LogP contribution in [0.15, 0.2) is 60.7 Å². The minimum absolute atomic E-state index is 0.0182. The van der Waals surface area contributed by atoms with Gasteiger partial charge < -0.3 is 10.2 Å². The van der Waals surface area contributed by atoms with Gasteiger partial charge in [0.25, 0.3) is 5.91 Å². The van der Waals surface area contributed by atoms with Gasteiger partial charge in [0.15, 0.2) is 0 Å². The third kappa shape index (κ3) is 4.73. The molecule has 1 aliphatic carbocycles. The number of nitrogens with zero attached hydrogens (tertiary/aromatic N) is 1. The largest absolute Gasteiger partial charge is 0.352 e. The average molecular weight is 346 g/mol. The van der Waals surface area contributed by atoms with Gasteiger partial charge in [-0.25, -0.2) is 0 Å². The number of nitrogens with one attached hydrogen (secondary N) is 1. The summed E-state index contributed by atoms with van der Waals surface area (Å²) in [6, 6.07) is 20.2. The van der Waals surface area contributed by atoms with E-state index >= 15 is 0 Å².